The lowest BCUT2D eigenvalue weighted by Crippen LogP contribution is -2.24. The zero-order valence-electron chi connectivity index (χ0n) is 9.24. The highest BCUT2D eigenvalue weighted by molar-refractivity contribution is 6.29. The summed E-state index contributed by atoms with van der Waals surface area (Å²) in [5.74, 6) is 0.733. The van der Waals surface area contributed by atoms with Crippen LogP contribution in [0.2, 0.25) is 5.15 Å². The van der Waals surface area contributed by atoms with Gasteiger partial charge in [-0.1, -0.05) is 24.9 Å². The van der Waals surface area contributed by atoms with Crippen molar-refractivity contribution in [2.24, 2.45) is 11.8 Å². The van der Waals surface area contributed by atoms with Crippen molar-refractivity contribution in [2.75, 3.05) is 5.32 Å². The van der Waals surface area contributed by atoms with Gasteiger partial charge in [0.2, 0.25) is 5.91 Å². The lowest BCUT2D eigenvalue weighted by Gasteiger charge is -2.14. The van der Waals surface area contributed by atoms with E-state index in [0.717, 1.165) is 24.9 Å². The van der Waals surface area contributed by atoms with Crippen LogP contribution in [0.25, 0.3) is 0 Å². The predicted octanol–water partition coefficient (Wildman–Crippen LogP) is 3.11. The zero-order chi connectivity index (χ0) is 11.5. The molecular weight excluding hydrogens is 224 g/mol. The Morgan fingerprint density at radius 3 is 3.00 bits per heavy atom. The lowest BCUT2D eigenvalue weighted by molar-refractivity contribution is -0.120. The van der Waals surface area contributed by atoms with Gasteiger partial charge in [-0.2, -0.15) is 0 Å². The number of rotatable bonds is 2. The largest absolute Gasteiger partial charge is 0.326 e. The molecule has 0 spiro atoms. The third-order valence-corrected chi connectivity index (χ3v) is 3.40. The average Bonchev–Trinajstić information content (AvgIpc) is 2.64. The maximum atomic E-state index is 12.0. The highest BCUT2D eigenvalue weighted by Crippen LogP contribution is 2.32. The van der Waals surface area contributed by atoms with Gasteiger partial charge in [-0.15, -0.1) is 0 Å². The molecule has 1 amide bonds. The molecule has 1 N–H and O–H groups in total. The van der Waals surface area contributed by atoms with Gasteiger partial charge >= 0.3 is 0 Å². The van der Waals surface area contributed by atoms with Crippen molar-refractivity contribution in [1.29, 1.82) is 0 Å². The van der Waals surface area contributed by atoms with Crippen LogP contribution in [0, 0.1) is 11.8 Å². The molecule has 1 heterocycles. The Kier molecular flexibility index (Phi) is 3.44. The monoisotopic (exact) mass is 238 g/mol. The van der Waals surface area contributed by atoms with Gasteiger partial charge in [0, 0.05) is 17.8 Å². The minimum absolute atomic E-state index is 0.104. The second kappa shape index (κ2) is 4.83. The minimum atomic E-state index is 0.104. The number of hydrogen-bond acceptors (Lipinski definition) is 2. The summed E-state index contributed by atoms with van der Waals surface area (Å²) in [6, 6.07) is 3.42. The molecule has 3 nitrogen and oxygen atoms in total. The average molecular weight is 239 g/mol. The Labute approximate surface area is 100 Å². The van der Waals surface area contributed by atoms with Crippen molar-refractivity contribution >= 4 is 23.2 Å². The number of aromatic nitrogens is 1. The first-order chi connectivity index (χ1) is 7.66. The molecule has 86 valence electrons. The van der Waals surface area contributed by atoms with Gasteiger partial charge in [-0.05, 0) is 30.9 Å². The Balaban J connectivity index is 2.02. The van der Waals surface area contributed by atoms with E-state index < -0.39 is 0 Å². The summed E-state index contributed by atoms with van der Waals surface area (Å²) in [4.78, 5) is 15.8. The van der Waals surface area contributed by atoms with Crippen molar-refractivity contribution in [3.8, 4) is 0 Å². The van der Waals surface area contributed by atoms with Gasteiger partial charge in [-0.25, -0.2) is 4.98 Å². The minimum Gasteiger partial charge on any atom is -0.326 e. The fourth-order valence-electron chi connectivity index (χ4n) is 2.25. The molecular formula is C12H15ClN2O. The molecule has 1 aliphatic rings. The Morgan fingerprint density at radius 1 is 1.56 bits per heavy atom. The van der Waals surface area contributed by atoms with Gasteiger partial charge in [0.05, 0.1) is 0 Å². The summed E-state index contributed by atoms with van der Waals surface area (Å²) in [7, 11) is 0. The zero-order valence-corrected chi connectivity index (χ0v) is 10.00. The quantitative estimate of drug-likeness (QED) is 0.805. The SMILES string of the molecule is CC1CCCC1C(=O)Nc1ccnc(Cl)c1. The topological polar surface area (TPSA) is 42.0 Å². The molecule has 2 rings (SSSR count). The smallest absolute Gasteiger partial charge is 0.227 e. The van der Waals surface area contributed by atoms with E-state index in [1.807, 2.05) is 0 Å². The molecule has 1 aromatic heterocycles. The van der Waals surface area contributed by atoms with Crippen LogP contribution < -0.4 is 5.32 Å². The molecule has 2 atom stereocenters. The van der Waals surface area contributed by atoms with Crippen LogP contribution in [0.4, 0.5) is 5.69 Å². The molecule has 0 saturated heterocycles. The van der Waals surface area contributed by atoms with Crippen molar-refractivity contribution in [3.63, 3.8) is 0 Å². The second-order valence-electron chi connectivity index (χ2n) is 4.37. The number of nitrogens with one attached hydrogen (secondary N) is 1. The van der Waals surface area contributed by atoms with E-state index >= 15 is 0 Å². The summed E-state index contributed by atoms with van der Waals surface area (Å²) in [6.07, 6.45) is 4.88. The highest BCUT2D eigenvalue weighted by atomic mass is 35.5. The van der Waals surface area contributed by atoms with Crippen LogP contribution in [0.5, 0.6) is 0 Å². The third kappa shape index (κ3) is 2.53. The summed E-state index contributed by atoms with van der Waals surface area (Å²) in [5.41, 5.74) is 0.726. The lowest BCUT2D eigenvalue weighted by atomic mass is 9.97. The van der Waals surface area contributed by atoms with Crippen LogP contribution in [0.3, 0.4) is 0 Å². The molecule has 0 bridgehead atoms. The molecule has 0 aromatic carbocycles. The molecule has 0 aliphatic heterocycles. The normalized spacial score (nSPS) is 24.4. The second-order valence-corrected chi connectivity index (χ2v) is 4.76. The van der Waals surface area contributed by atoms with E-state index in [9.17, 15) is 4.79 Å². The first kappa shape index (κ1) is 11.4. The fourth-order valence-corrected chi connectivity index (χ4v) is 2.42. The summed E-state index contributed by atoms with van der Waals surface area (Å²) in [5, 5.41) is 3.29. The number of anilines is 1. The maximum absolute atomic E-state index is 12.0. The number of hydrogen-bond donors (Lipinski definition) is 1. The van der Waals surface area contributed by atoms with Crippen molar-refractivity contribution in [3.05, 3.63) is 23.5 Å². The van der Waals surface area contributed by atoms with E-state index in [1.165, 1.54) is 0 Å². The van der Waals surface area contributed by atoms with E-state index in [0.29, 0.717) is 11.1 Å². The molecule has 1 fully saturated rings. The molecule has 1 aromatic rings. The van der Waals surface area contributed by atoms with E-state index in [1.54, 1.807) is 18.3 Å². The number of pyridine rings is 1. The molecule has 1 aliphatic carbocycles. The Bertz CT molecular complexity index is 394. The molecule has 2 unspecified atom stereocenters. The number of carbonyl (C=O) groups is 1. The van der Waals surface area contributed by atoms with Crippen LogP contribution in [-0.4, -0.2) is 10.9 Å². The number of carbonyl (C=O) groups excluding carboxylic acids is 1. The van der Waals surface area contributed by atoms with Crippen molar-refractivity contribution in [2.45, 2.75) is 26.2 Å². The fraction of sp³-hybridized carbons (Fsp3) is 0.500. The van der Waals surface area contributed by atoms with Gasteiger partial charge in [0.15, 0.2) is 0 Å². The van der Waals surface area contributed by atoms with Gasteiger partial charge in [-0.3, -0.25) is 4.79 Å². The van der Waals surface area contributed by atoms with Crippen LogP contribution in [0.1, 0.15) is 26.2 Å². The summed E-state index contributed by atoms with van der Waals surface area (Å²) < 4.78 is 0. The first-order valence-electron chi connectivity index (χ1n) is 5.59. The van der Waals surface area contributed by atoms with Crippen LogP contribution in [-0.2, 0) is 4.79 Å². The van der Waals surface area contributed by atoms with Crippen molar-refractivity contribution < 1.29 is 4.79 Å². The third-order valence-electron chi connectivity index (χ3n) is 3.19. The maximum Gasteiger partial charge on any atom is 0.227 e. The van der Waals surface area contributed by atoms with Gasteiger partial charge in [0.25, 0.3) is 0 Å². The standard InChI is InChI=1S/C12H15ClN2O/c1-8-3-2-4-10(8)12(16)15-9-5-6-14-11(13)7-9/h5-8,10H,2-4H2,1H3,(H,14,15,16). The van der Waals surface area contributed by atoms with E-state index in [2.05, 4.69) is 17.2 Å². The highest BCUT2D eigenvalue weighted by Gasteiger charge is 2.29. The van der Waals surface area contributed by atoms with E-state index in [-0.39, 0.29) is 11.8 Å². The van der Waals surface area contributed by atoms with Crippen LogP contribution in [0.15, 0.2) is 18.3 Å². The van der Waals surface area contributed by atoms with Crippen molar-refractivity contribution in [1.82, 2.24) is 4.98 Å². The molecule has 16 heavy (non-hydrogen) atoms. The van der Waals surface area contributed by atoms with E-state index in [4.69, 9.17) is 11.6 Å². The first-order valence-corrected chi connectivity index (χ1v) is 5.97. The number of nitrogens with zero attached hydrogens (tertiary/aromatic N) is 1. The Morgan fingerprint density at radius 2 is 2.38 bits per heavy atom. The molecule has 0 radical (unpaired) electrons. The molecule has 1 saturated carbocycles. The number of halogens is 1. The number of amides is 1. The van der Waals surface area contributed by atoms with Crippen LogP contribution >= 0.6 is 11.6 Å². The van der Waals surface area contributed by atoms with Gasteiger partial charge < -0.3 is 5.32 Å². The summed E-state index contributed by atoms with van der Waals surface area (Å²) >= 11 is 5.75. The Hall–Kier alpha value is -1.09. The predicted molar refractivity (Wildman–Crippen MR) is 64.4 cm³/mol. The molecule has 4 heteroatoms. The summed E-state index contributed by atoms with van der Waals surface area (Å²) in [6.45, 7) is 2.14. The van der Waals surface area contributed by atoms with Gasteiger partial charge in [0.1, 0.15) is 5.15 Å².